The third-order valence-electron chi connectivity index (χ3n) is 3.80. The van der Waals surface area contributed by atoms with Crippen LogP contribution in [0.2, 0.25) is 0 Å². The minimum atomic E-state index is -3.69. The number of nitrogens with one attached hydrogen (secondary N) is 2. The number of anilines is 1. The third kappa shape index (κ3) is 5.08. The quantitative estimate of drug-likeness (QED) is 0.552. The van der Waals surface area contributed by atoms with Gasteiger partial charge in [0.2, 0.25) is 15.8 Å². The van der Waals surface area contributed by atoms with Crippen LogP contribution in [0.1, 0.15) is 30.6 Å². The van der Waals surface area contributed by atoms with Gasteiger partial charge in [-0.1, -0.05) is 6.92 Å². The number of nitro benzene ring substituents is 1. The summed E-state index contributed by atoms with van der Waals surface area (Å²) in [5.74, 6) is -1.63. The van der Waals surface area contributed by atoms with Crippen LogP contribution in [0.5, 0.6) is 0 Å². The van der Waals surface area contributed by atoms with Gasteiger partial charge in [0.1, 0.15) is 0 Å². The Labute approximate surface area is 155 Å². The lowest BCUT2D eigenvalue weighted by Gasteiger charge is -2.12. The number of hydrogen-bond donors (Lipinski definition) is 2. The molecule has 0 aliphatic carbocycles. The summed E-state index contributed by atoms with van der Waals surface area (Å²) in [7, 11) is -3.69. The van der Waals surface area contributed by atoms with Crippen molar-refractivity contribution >= 4 is 27.3 Å². The van der Waals surface area contributed by atoms with E-state index < -0.39 is 32.4 Å². The molecule has 10 heteroatoms. The van der Waals surface area contributed by atoms with Gasteiger partial charge in [0, 0.05) is 23.4 Å². The van der Waals surface area contributed by atoms with Gasteiger partial charge in [-0.05, 0) is 49.7 Å². The molecule has 0 unspecified atom stereocenters. The Kier molecular flexibility index (Phi) is 6.24. The van der Waals surface area contributed by atoms with Crippen molar-refractivity contribution in [3.8, 4) is 0 Å². The number of nitro groups is 1. The van der Waals surface area contributed by atoms with E-state index >= 15 is 0 Å². The van der Waals surface area contributed by atoms with Gasteiger partial charge < -0.3 is 5.32 Å². The number of carbonyl (C=O) groups excluding carboxylic acids is 1. The standard InChI is InChI=1S/C17H18FN3O5S/c1-3-11(2)20-27(25,26)14-7-4-12(5-8-14)17(22)19-13-6-9-15(18)16(10-13)21(23)24/h4-11,20H,3H2,1-2H3,(H,19,22)/t11-/m1/s1. The number of hydrogen-bond acceptors (Lipinski definition) is 5. The summed E-state index contributed by atoms with van der Waals surface area (Å²) < 4.78 is 40.2. The van der Waals surface area contributed by atoms with Crippen LogP contribution in [0.4, 0.5) is 15.8 Å². The SMILES string of the molecule is CC[C@@H](C)NS(=O)(=O)c1ccc(C(=O)Nc2ccc(F)c([N+](=O)[O-])c2)cc1. The molecule has 0 saturated heterocycles. The normalized spacial score (nSPS) is 12.4. The van der Waals surface area contributed by atoms with Crippen LogP contribution < -0.4 is 10.0 Å². The molecule has 0 aliphatic heterocycles. The first kappa shape index (κ1) is 20.5. The number of halogens is 1. The largest absolute Gasteiger partial charge is 0.322 e. The van der Waals surface area contributed by atoms with Gasteiger partial charge in [-0.15, -0.1) is 0 Å². The maximum absolute atomic E-state index is 13.3. The first-order valence-corrected chi connectivity index (χ1v) is 9.50. The van der Waals surface area contributed by atoms with E-state index in [1.165, 1.54) is 30.3 Å². The lowest BCUT2D eigenvalue weighted by atomic mass is 10.2. The zero-order valence-corrected chi connectivity index (χ0v) is 15.4. The molecule has 0 bridgehead atoms. The number of rotatable bonds is 7. The van der Waals surface area contributed by atoms with E-state index in [9.17, 15) is 27.7 Å². The monoisotopic (exact) mass is 395 g/mol. The van der Waals surface area contributed by atoms with Gasteiger partial charge in [0.05, 0.1) is 9.82 Å². The Hall–Kier alpha value is -2.85. The molecule has 1 atom stereocenters. The van der Waals surface area contributed by atoms with Gasteiger partial charge in [-0.3, -0.25) is 14.9 Å². The zero-order valence-electron chi connectivity index (χ0n) is 14.6. The highest BCUT2D eigenvalue weighted by atomic mass is 32.2. The van der Waals surface area contributed by atoms with E-state index in [4.69, 9.17) is 0 Å². The third-order valence-corrected chi connectivity index (χ3v) is 5.40. The molecule has 2 rings (SSSR count). The van der Waals surface area contributed by atoms with Crippen LogP contribution in [-0.4, -0.2) is 25.3 Å². The average molecular weight is 395 g/mol. The van der Waals surface area contributed by atoms with Crippen LogP contribution in [-0.2, 0) is 10.0 Å². The average Bonchev–Trinajstić information content (AvgIpc) is 2.62. The molecule has 2 aromatic rings. The van der Waals surface area contributed by atoms with Gasteiger partial charge in [-0.2, -0.15) is 4.39 Å². The molecule has 27 heavy (non-hydrogen) atoms. The summed E-state index contributed by atoms with van der Waals surface area (Å²) in [4.78, 5) is 22.1. The van der Waals surface area contributed by atoms with Crippen molar-refractivity contribution < 1.29 is 22.5 Å². The zero-order chi connectivity index (χ0) is 20.2. The second-order valence-electron chi connectivity index (χ2n) is 5.83. The fraction of sp³-hybridized carbons (Fsp3) is 0.235. The number of carbonyl (C=O) groups is 1. The first-order chi connectivity index (χ1) is 12.6. The van der Waals surface area contributed by atoms with Gasteiger partial charge in [0.15, 0.2) is 0 Å². The highest BCUT2D eigenvalue weighted by molar-refractivity contribution is 7.89. The van der Waals surface area contributed by atoms with Crippen LogP contribution in [0.3, 0.4) is 0 Å². The summed E-state index contributed by atoms with van der Waals surface area (Å²) in [5, 5.41) is 13.2. The Morgan fingerprint density at radius 1 is 1.22 bits per heavy atom. The number of sulfonamides is 1. The Morgan fingerprint density at radius 2 is 1.85 bits per heavy atom. The molecular formula is C17H18FN3O5S. The van der Waals surface area contributed by atoms with Crippen LogP contribution >= 0.6 is 0 Å². The number of benzene rings is 2. The minimum absolute atomic E-state index is 0.0109. The smallest absolute Gasteiger partial charge is 0.306 e. The van der Waals surface area contributed by atoms with Crippen LogP contribution in [0.25, 0.3) is 0 Å². The van der Waals surface area contributed by atoms with E-state index in [1.54, 1.807) is 6.92 Å². The second kappa shape index (κ2) is 8.23. The Balaban J connectivity index is 2.17. The van der Waals surface area contributed by atoms with Crippen LogP contribution in [0.15, 0.2) is 47.4 Å². The molecule has 1 amide bonds. The molecule has 144 valence electrons. The number of nitrogens with zero attached hydrogens (tertiary/aromatic N) is 1. The molecule has 2 N–H and O–H groups in total. The maximum Gasteiger partial charge on any atom is 0.306 e. The van der Waals surface area contributed by atoms with Crippen molar-refractivity contribution in [1.29, 1.82) is 0 Å². The fourth-order valence-electron chi connectivity index (χ4n) is 2.14. The van der Waals surface area contributed by atoms with Crippen molar-refractivity contribution in [2.24, 2.45) is 0 Å². The molecule has 0 spiro atoms. The number of amides is 1. The predicted octanol–water partition coefficient (Wildman–Crippen LogP) is 3.06. The first-order valence-electron chi connectivity index (χ1n) is 8.01. The van der Waals surface area contributed by atoms with Crippen molar-refractivity contribution in [3.05, 3.63) is 64.0 Å². The maximum atomic E-state index is 13.3. The van der Waals surface area contributed by atoms with Gasteiger partial charge in [0.25, 0.3) is 5.91 Å². The molecule has 2 aromatic carbocycles. The molecule has 0 aromatic heterocycles. The molecular weight excluding hydrogens is 377 g/mol. The predicted molar refractivity (Wildman–Crippen MR) is 97.5 cm³/mol. The molecule has 0 fully saturated rings. The van der Waals surface area contributed by atoms with E-state index in [1.807, 2.05) is 6.92 Å². The van der Waals surface area contributed by atoms with Crippen molar-refractivity contribution in [3.63, 3.8) is 0 Å². The highest BCUT2D eigenvalue weighted by Gasteiger charge is 2.18. The molecule has 8 nitrogen and oxygen atoms in total. The topological polar surface area (TPSA) is 118 Å². The van der Waals surface area contributed by atoms with Gasteiger partial charge in [-0.25, -0.2) is 13.1 Å². The lowest BCUT2D eigenvalue weighted by molar-refractivity contribution is -0.387. The molecule has 0 saturated carbocycles. The summed E-state index contributed by atoms with van der Waals surface area (Å²) in [6.45, 7) is 3.58. The summed E-state index contributed by atoms with van der Waals surface area (Å²) in [5.41, 5.74) is -0.571. The summed E-state index contributed by atoms with van der Waals surface area (Å²) in [6.07, 6.45) is 0.628. The lowest BCUT2D eigenvalue weighted by Crippen LogP contribution is -2.32. The van der Waals surface area contributed by atoms with E-state index in [-0.39, 0.29) is 22.2 Å². The van der Waals surface area contributed by atoms with Crippen molar-refractivity contribution in [1.82, 2.24) is 4.72 Å². The summed E-state index contributed by atoms with van der Waals surface area (Å²) >= 11 is 0. The Bertz CT molecular complexity index is 961. The second-order valence-corrected chi connectivity index (χ2v) is 7.55. The summed E-state index contributed by atoms with van der Waals surface area (Å²) in [6, 6.07) is 7.95. The molecule has 0 aliphatic rings. The van der Waals surface area contributed by atoms with E-state index in [2.05, 4.69) is 10.0 Å². The van der Waals surface area contributed by atoms with Crippen molar-refractivity contribution in [2.75, 3.05) is 5.32 Å². The van der Waals surface area contributed by atoms with E-state index in [0.717, 1.165) is 12.1 Å². The van der Waals surface area contributed by atoms with Crippen molar-refractivity contribution in [2.45, 2.75) is 31.2 Å². The molecule has 0 heterocycles. The van der Waals surface area contributed by atoms with Crippen LogP contribution in [0, 0.1) is 15.9 Å². The highest BCUT2D eigenvalue weighted by Crippen LogP contribution is 2.22. The minimum Gasteiger partial charge on any atom is -0.322 e. The van der Waals surface area contributed by atoms with Gasteiger partial charge >= 0.3 is 5.69 Å². The molecule has 0 radical (unpaired) electrons. The fourth-order valence-corrected chi connectivity index (χ4v) is 3.46. The van der Waals surface area contributed by atoms with E-state index in [0.29, 0.717) is 6.42 Å². The Morgan fingerprint density at radius 3 is 2.41 bits per heavy atom.